The number of anilines is 8. The van der Waals surface area contributed by atoms with E-state index >= 15 is 0 Å². The molecule has 144 heavy (non-hydrogen) atoms. The second-order valence-electron chi connectivity index (χ2n) is 38.8. The molecule has 8 aliphatic rings. The molecule has 0 saturated carbocycles. The van der Waals surface area contributed by atoms with E-state index in [1.54, 1.807) is 0 Å². The van der Waals surface area contributed by atoms with Crippen LogP contribution in [0.4, 0.5) is 45.5 Å². The lowest BCUT2D eigenvalue weighted by Gasteiger charge is -2.53. The number of hydrogen-bond donors (Lipinski definition) is 0. The monoisotopic (exact) mass is 1890 g/mol. The maximum atomic E-state index is 2.84. The summed E-state index contributed by atoms with van der Waals surface area (Å²) in [6.07, 6.45) is 0. The number of hydrogen-bond acceptors (Lipinski definition) is 4. The van der Waals surface area contributed by atoms with Crippen molar-refractivity contribution in [1.29, 1.82) is 0 Å². The van der Waals surface area contributed by atoms with E-state index in [9.17, 15) is 0 Å². The third kappa shape index (κ3) is 11.8. The van der Waals surface area contributed by atoms with Gasteiger partial charge in [0.15, 0.2) is 0 Å². The molecule has 0 fully saturated rings. The molecule has 0 aromatic heterocycles. The second kappa shape index (κ2) is 33.0. The predicted molar refractivity (Wildman–Crippen MR) is 618 cm³/mol. The van der Waals surface area contributed by atoms with Crippen molar-refractivity contribution in [1.82, 2.24) is 0 Å². The lowest BCUT2D eigenvalue weighted by molar-refractivity contribution is 1.32. The molecule has 0 N–H and O–H groups in total. The Bertz CT molecular complexity index is 9110. The molecule has 8 aliphatic heterocycles. The molecule has 24 aromatic carbocycles. The number of benzene rings is 24. The minimum Gasteiger partial charge on any atom is -0.355 e. The van der Waals surface area contributed by atoms with Crippen LogP contribution in [0.1, 0.15) is 0 Å². The molecule has 0 radical (unpaired) electrons. The van der Waals surface area contributed by atoms with Crippen molar-refractivity contribution in [2.45, 2.75) is 0 Å². The molecule has 0 bridgehead atoms. The van der Waals surface area contributed by atoms with E-state index in [1.807, 2.05) is 0 Å². The van der Waals surface area contributed by atoms with Crippen molar-refractivity contribution in [3.05, 3.63) is 558 Å². The minimum absolute atomic E-state index is 1.28. The van der Waals surface area contributed by atoms with E-state index in [-0.39, 0.29) is 0 Å². The Labute approximate surface area is 842 Å². The van der Waals surface area contributed by atoms with Crippen LogP contribution in [0, 0.1) is 0 Å². The summed E-state index contributed by atoms with van der Waals surface area (Å²) in [4.78, 5) is 0. The van der Waals surface area contributed by atoms with Crippen molar-refractivity contribution in [2.24, 2.45) is 0 Å². The van der Waals surface area contributed by atoms with Crippen LogP contribution in [-0.4, -0.2) is 32.9 Å². The van der Waals surface area contributed by atoms with Gasteiger partial charge >= 0.3 is 0 Å². The van der Waals surface area contributed by atoms with Gasteiger partial charge in [-0.2, -0.15) is 0 Å². The topological polar surface area (TPSA) is 13.0 Å². The molecule has 672 valence electrons. The van der Waals surface area contributed by atoms with Crippen molar-refractivity contribution >= 4 is 184 Å². The first-order chi connectivity index (χ1) is 71.5. The maximum absolute atomic E-state index is 2.84. The fraction of sp³-hybridized carbons (Fsp3) is 0. The SMILES string of the molecule is c1ccc([Si]23c4ccccc4-c4ccc5ccccc5c4N2c2c(ccc4ccccc24)-c2ccccc23)cc1.c1ccc([Si]23c4ccccc4-c4ccccc4N2c2c(ccc4ccccc24)-c2ccccc23)cc1.c1ccc([Si]23c4ccccc4-c4ccccc4N2c2cc4ccccc4cc2-c2ccccc23)cc1.c1ccc([Si]23c4ccccc4-c4ccccc4N2c2ccccc2-c2ccccc23)cc1. The van der Waals surface area contributed by atoms with E-state index in [4.69, 9.17) is 0 Å². The van der Waals surface area contributed by atoms with Gasteiger partial charge in [-0.1, -0.05) is 522 Å². The smallest absolute Gasteiger partial charge is 0.258 e. The van der Waals surface area contributed by atoms with Gasteiger partial charge in [-0.3, -0.25) is 0 Å². The quantitative estimate of drug-likeness (QED) is 0.163. The van der Waals surface area contributed by atoms with Crippen LogP contribution in [0.3, 0.4) is 0 Å². The highest BCUT2D eigenvalue weighted by Gasteiger charge is 2.61. The Morgan fingerprint density at radius 3 is 0.604 bits per heavy atom. The number of nitrogens with zero attached hydrogens (tertiary/aromatic N) is 4. The molecule has 0 saturated heterocycles. The van der Waals surface area contributed by atoms with Crippen LogP contribution >= 0.6 is 0 Å². The Morgan fingerprint density at radius 1 is 0.111 bits per heavy atom. The first-order valence-corrected chi connectivity index (χ1v) is 58.0. The lowest BCUT2D eigenvalue weighted by atomic mass is 9.94. The van der Waals surface area contributed by atoms with Crippen LogP contribution < -0.4 is 80.5 Å². The zero-order valence-electron chi connectivity index (χ0n) is 78.9. The summed E-state index contributed by atoms with van der Waals surface area (Å²) in [5, 5.41) is 27.7. The third-order valence-electron chi connectivity index (χ3n) is 32.0. The van der Waals surface area contributed by atoms with Crippen molar-refractivity contribution in [3.8, 4) is 89.0 Å². The molecule has 32 rings (SSSR count). The summed E-state index contributed by atoms with van der Waals surface area (Å²) in [6, 6.07) is 208. The Kier molecular flexibility index (Phi) is 19.1. The van der Waals surface area contributed by atoms with Gasteiger partial charge in [-0.15, -0.1) is 0 Å². The molecule has 8 heterocycles. The third-order valence-corrected chi connectivity index (χ3v) is 51.0. The van der Waals surface area contributed by atoms with Crippen LogP contribution in [0.2, 0.25) is 0 Å². The van der Waals surface area contributed by atoms with Crippen molar-refractivity contribution in [2.75, 3.05) is 18.3 Å². The van der Waals surface area contributed by atoms with Crippen LogP contribution in [-0.2, 0) is 0 Å². The van der Waals surface area contributed by atoms with E-state index in [1.165, 1.54) is 240 Å². The Morgan fingerprint density at radius 2 is 0.306 bits per heavy atom. The van der Waals surface area contributed by atoms with Crippen LogP contribution in [0.5, 0.6) is 0 Å². The minimum atomic E-state index is -2.82. The van der Waals surface area contributed by atoms with Gasteiger partial charge < -0.3 is 18.3 Å². The molecular weight excluding hydrogens is 1800 g/mol. The van der Waals surface area contributed by atoms with Gasteiger partial charge in [0.25, 0.3) is 32.9 Å². The average molecular weight is 1890 g/mol. The highest BCUT2D eigenvalue weighted by molar-refractivity contribution is 7.19. The fourth-order valence-corrected chi connectivity index (χ4v) is 47.9. The highest BCUT2D eigenvalue weighted by atomic mass is 28.3. The summed E-state index contributed by atoms with van der Waals surface area (Å²) in [6.45, 7) is 0. The van der Waals surface area contributed by atoms with Crippen molar-refractivity contribution in [3.63, 3.8) is 0 Å². The Balaban J connectivity index is 0.0000000916. The number of rotatable bonds is 4. The van der Waals surface area contributed by atoms with Gasteiger partial charge in [-0.05, 0) is 170 Å². The molecule has 8 heteroatoms. The molecule has 0 aliphatic carbocycles. The first kappa shape index (κ1) is 83.4. The zero-order chi connectivity index (χ0) is 94.8. The second-order valence-corrected chi connectivity index (χ2v) is 52.9. The molecule has 0 spiro atoms. The Hall–Kier alpha value is -17.6. The lowest BCUT2D eigenvalue weighted by Crippen LogP contribution is -2.79. The van der Waals surface area contributed by atoms with E-state index in [2.05, 4.69) is 576 Å². The van der Waals surface area contributed by atoms with E-state index in [0.29, 0.717) is 0 Å². The summed E-state index contributed by atoms with van der Waals surface area (Å²) >= 11 is 0. The summed E-state index contributed by atoms with van der Waals surface area (Å²) < 4.78 is 11.1. The van der Waals surface area contributed by atoms with E-state index in [0.717, 1.165) is 0 Å². The molecule has 0 amide bonds. The molecule has 2 unspecified atom stereocenters. The maximum Gasteiger partial charge on any atom is 0.258 e. The number of para-hydroxylation sites is 4. The summed E-state index contributed by atoms with van der Waals surface area (Å²) in [5.74, 6) is 0. The molecule has 4 nitrogen and oxygen atoms in total. The molecule has 24 aromatic rings. The first-order valence-electron chi connectivity index (χ1n) is 50.2. The number of fused-ring (bicyclic) bond motifs is 51. The van der Waals surface area contributed by atoms with Gasteiger partial charge in [0.2, 0.25) is 0 Å². The fourth-order valence-electron chi connectivity index (χ4n) is 26.5. The van der Waals surface area contributed by atoms with Crippen molar-refractivity contribution < 1.29 is 0 Å². The van der Waals surface area contributed by atoms with Gasteiger partial charge in [0.05, 0.1) is 0 Å². The van der Waals surface area contributed by atoms with Gasteiger partial charge in [0.1, 0.15) is 0 Å². The van der Waals surface area contributed by atoms with E-state index < -0.39 is 32.9 Å². The standard InChI is InChI=1S/C38H25NSi.2C34H23NSi.C30H21NSi/c1-2-14-28(15-3-1)40-35-20-10-8-18-31(35)33-24-22-26-12-4-6-16-29(26)37(33)39(40)38-30-17-7-5-13-27(30)23-25-34(38)32-19-9-11-21-36(32)40;1-2-14-26(15-3-1)36-33-20-10-7-17-28(33)27-16-6-9-19-31(27)35(36)32-23-25-13-5-4-12-24(25)22-30(32)29-18-8-11-21-34(29)36;1-2-13-25(14-3-1)36-32-20-10-7-17-28(32)27-16-6-9-19-31(27)35(36)34-26-15-5-4-12-24(26)22-23-30(34)29-18-8-11-21-33(29)36;1-2-12-22(13-3-1)32-29-20-10-6-16-25(29)23-14-4-8-18-27(23)31(32)28-19-9-5-15-24(28)26-17-7-11-21-30(26)32/h1-25H;2*1-23H;1-21H. The molecule has 2 atom stereocenters. The molecular formula is C136H92N4Si4. The van der Waals surface area contributed by atoms with Gasteiger partial charge in [0, 0.05) is 106 Å². The summed E-state index contributed by atoms with van der Waals surface area (Å²) in [5.41, 5.74) is 31.9. The van der Waals surface area contributed by atoms with Gasteiger partial charge in [-0.25, -0.2) is 0 Å². The normalized spacial score (nSPS) is 15.6. The highest BCUT2D eigenvalue weighted by Crippen LogP contribution is 2.58. The zero-order valence-corrected chi connectivity index (χ0v) is 82.9. The predicted octanol–water partition coefficient (Wildman–Crippen LogP) is 26.4. The van der Waals surface area contributed by atoms with Crippen LogP contribution in [0.15, 0.2) is 558 Å². The summed E-state index contributed by atoms with van der Waals surface area (Å²) in [7, 11) is -10.8. The average Bonchev–Trinajstić information content (AvgIpc) is 0.675. The van der Waals surface area contributed by atoms with Crippen LogP contribution in [0.25, 0.3) is 132 Å². The largest absolute Gasteiger partial charge is 0.355 e.